The van der Waals surface area contributed by atoms with Crippen LogP contribution in [0.25, 0.3) is 10.9 Å². The number of rotatable bonds is 6. The number of hydrogen-bond acceptors (Lipinski definition) is 2. The third kappa shape index (κ3) is 4.39. The van der Waals surface area contributed by atoms with Crippen molar-refractivity contribution in [3.05, 3.63) is 104 Å². The number of nitrogens with one attached hydrogen (secondary N) is 1. The van der Waals surface area contributed by atoms with Crippen molar-refractivity contribution in [3.8, 4) is 0 Å². The van der Waals surface area contributed by atoms with Crippen LogP contribution in [0.5, 0.6) is 0 Å². The Balaban J connectivity index is 1.54. The van der Waals surface area contributed by atoms with Gasteiger partial charge in [-0.05, 0) is 58.0 Å². The molecule has 0 aliphatic carbocycles. The highest BCUT2D eigenvalue weighted by Crippen LogP contribution is 2.21. The van der Waals surface area contributed by atoms with Crippen molar-refractivity contribution in [2.45, 2.75) is 13.1 Å². The van der Waals surface area contributed by atoms with E-state index in [1.807, 2.05) is 30.5 Å². The monoisotopic (exact) mass is 499 g/mol. The molecule has 1 N–H and O–H groups in total. The van der Waals surface area contributed by atoms with E-state index in [0.717, 1.165) is 22.7 Å². The molecule has 28 heavy (non-hydrogen) atoms. The molecule has 0 saturated carbocycles. The average molecular weight is 500 g/mol. The number of aromatic nitrogens is 1. The molecule has 4 aromatic rings. The van der Waals surface area contributed by atoms with E-state index < -0.39 is 0 Å². The molecule has 0 radical (unpaired) electrons. The van der Waals surface area contributed by atoms with Crippen molar-refractivity contribution in [2.75, 3.05) is 0 Å². The SMILES string of the molecule is Clc1ccccc1CN/N=C\c1cn(Cc2ccc(I)cc2)c2ccccc12. The molecule has 140 valence electrons. The largest absolute Gasteiger partial charge is 0.342 e. The van der Waals surface area contributed by atoms with Crippen molar-refractivity contribution in [3.63, 3.8) is 0 Å². The van der Waals surface area contributed by atoms with E-state index in [0.29, 0.717) is 6.54 Å². The summed E-state index contributed by atoms with van der Waals surface area (Å²) in [4.78, 5) is 0. The van der Waals surface area contributed by atoms with E-state index in [-0.39, 0.29) is 0 Å². The van der Waals surface area contributed by atoms with E-state index in [4.69, 9.17) is 11.6 Å². The molecule has 0 aliphatic heterocycles. The van der Waals surface area contributed by atoms with Gasteiger partial charge in [-0.1, -0.05) is 60.1 Å². The maximum Gasteiger partial charge on any atom is 0.0594 e. The summed E-state index contributed by atoms with van der Waals surface area (Å²) in [5, 5.41) is 6.35. The van der Waals surface area contributed by atoms with Gasteiger partial charge < -0.3 is 9.99 Å². The van der Waals surface area contributed by atoms with Gasteiger partial charge in [0.15, 0.2) is 0 Å². The van der Waals surface area contributed by atoms with Crippen molar-refractivity contribution >= 4 is 51.3 Å². The molecule has 0 spiro atoms. The average Bonchev–Trinajstić information content (AvgIpc) is 3.06. The van der Waals surface area contributed by atoms with Crippen LogP contribution in [0.15, 0.2) is 84.1 Å². The van der Waals surface area contributed by atoms with Crippen LogP contribution in [-0.2, 0) is 13.1 Å². The zero-order chi connectivity index (χ0) is 19.3. The molecule has 5 heteroatoms. The number of hydrogen-bond donors (Lipinski definition) is 1. The van der Waals surface area contributed by atoms with E-state index in [1.54, 1.807) is 0 Å². The number of benzene rings is 3. The molecule has 0 amide bonds. The summed E-state index contributed by atoms with van der Waals surface area (Å²) in [7, 11) is 0. The summed E-state index contributed by atoms with van der Waals surface area (Å²) in [5.74, 6) is 0. The second-order valence-electron chi connectivity index (χ2n) is 6.54. The maximum absolute atomic E-state index is 6.19. The van der Waals surface area contributed by atoms with Crippen LogP contribution in [0, 0.1) is 3.57 Å². The third-order valence-corrected chi connectivity index (χ3v) is 5.70. The molecule has 0 saturated heterocycles. The lowest BCUT2D eigenvalue weighted by Gasteiger charge is -2.05. The Morgan fingerprint density at radius 1 is 0.964 bits per heavy atom. The number of hydrazone groups is 1. The van der Waals surface area contributed by atoms with E-state index in [1.165, 1.54) is 20.0 Å². The number of para-hydroxylation sites is 1. The highest BCUT2D eigenvalue weighted by atomic mass is 127. The Labute approximate surface area is 183 Å². The third-order valence-electron chi connectivity index (χ3n) is 4.61. The first-order valence-corrected chi connectivity index (χ1v) is 10.5. The first-order chi connectivity index (χ1) is 13.7. The number of halogens is 2. The van der Waals surface area contributed by atoms with Crippen LogP contribution in [0.1, 0.15) is 16.7 Å². The van der Waals surface area contributed by atoms with Crippen LogP contribution in [-0.4, -0.2) is 10.8 Å². The molecule has 0 unspecified atom stereocenters. The molecule has 3 nitrogen and oxygen atoms in total. The smallest absolute Gasteiger partial charge is 0.0594 e. The van der Waals surface area contributed by atoms with Gasteiger partial charge in [-0.15, -0.1) is 0 Å². The fourth-order valence-electron chi connectivity index (χ4n) is 3.18. The van der Waals surface area contributed by atoms with Gasteiger partial charge in [-0.3, -0.25) is 0 Å². The second kappa shape index (κ2) is 8.80. The first kappa shape index (κ1) is 19.0. The highest BCUT2D eigenvalue weighted by Gasteiger charge is 2.07. The van der Waals surface area contributed by atoms with Gasteiger partial charge in [0.05, 0.1) is 12.8 Å². The van der Waals surface area contributed by atoms with Crippen LogP contribution in [0.2, 0.25) is 5.02 Å². The number of nitrogens with zero attached hydrogens (tertiary/aromatic N) is 2. The Morgan fingerprint density at radius 3 is 2.54 bits per heavy atom. The summed E-state index contributed by atoms with van der Waals surface area (Å²) < 4.78 is 3.52. The highest BCUT2D eigenvalue weighted by molar-refractivity contribution is 14.1. The molecule has 0 aliphatic rings. The Hall–Kier alpha value is -2.31. The minimum atomic E-state index is 0.595. The summed E-state index contributed by atoms with van der Waals surface area (Å²) in [6.45, 7) is 1.43. The molecular formula is C23H19ClIN3. The van der Waals surface area contributed by atoms with Gasteiger partial charge in [0.1, 0.15) is 0 Å². The van der Waals surface area contributed by atoms with E-state index in [2.05, 4.69) is 92.4 Å². The molecular weight excluding hydrogens is 481 g/mol. The van der Waals surface area contributed by atoms with Crippen LogP contribution < -0.4 is 5.43 Å². The fourth-order valence-corrected chi connectivity index (χ4v) is 3.75. The molecule has 1 aromatic heterocycles. The van der Waals surface area contributed by atoms with Crippen LogP contribution >= 0.6 is 34.2 Å². The first-order valence-electron chi connectivity index (χ1n) is 9.02. The molecule has 1 heterocycles. The Morgan fingerprint density at radius 2 is 1.71 bits per heavy atom. The Kier molecular flexibility index (Phi) is 5.98. The second-order valence-corrected chi connectivity index (χ2v) is 8.19. The summed E-state index contributed by atoms with van der Waals surface area (Å²) in [6, 6.07) is 24.8. The molecule has 4 rings (SSSR count). The van der Waals surface area contributed by atoms with Crippen molar-refractivity contribution in [2.24, 2.45) is 5.10 Å². The topological polar surface area (TPSA) is 29.3 Å². The van der Waals surface area contributed by atoms with E-state index >= 15 is 0 Å². The predicted molar refractivity (Wildman–Crippen MR) is 126 cm³/mol. The standard InChI is InChI=1S/C23H19ClIN3/c24-22-7-3-1-5-18(22)13-26-27-14-19-16-28(23-8-4-2-6-21(19)23)15-17-9-11-20(25)12-10-17/h1-12,14,16,26H,13,15H2/b27-14-. The van der Waals surface area contributed by atoms with Gasteiger partial charge in [-0.25, -0.2) is 0 Å². The van der Waals surface area contributed by atoms with E-state index in [9.17, 15) is 0 Å². The molecule has 0 atom stereocenters. The minimum absolute atomic E-state index is 0.595. The zero-order valence-electron chi connectivity index (χ0n) is 15.1. The summed E-state index contributed by atoms with van der Waals surface area (Å²) >= 11 is 8.52. The minimum Gasteiger partial charge on any atom is -0.342 e. The summed E-state index contributed by atoms with van der Waals surface area (Å²) in [5.41, 5.74) is 7.70. The fraction of sp³-hybridized carbons (Fsp3) is 0.0870. The Bertz CT molecular complexity index is 1120. The van der Waals surface area contributed by atoms with Gasteiger partial charge in [0, 0.05) is 37.8 Å². The lowest BCUT2D eigenvalue weighted by Crippen LogP contribution is -2.05. The van der Waals surface area contributed by atoms with Crippen LogP contribution in [0.3, 0.4) is 0 Å². The van der Waals surface area contributed by atoms with Gasteiger partial charge in [0.2, 0.25) is 0 Å². The van der Waals surface area contributed by atoms with Crippen molar-refractivity contribution in [1.82, 2.24) is 9.99 Å². The molecule has 3 aromatic carbocycles. The predicted octanol–water partition coefficient (Wildman–Crippen LogP) is 6.07. The lowest BCUT2D eigenvalue weighted by atomic mass is 10.2. The van der Waals surface area contributed by atoms with Crippen molar-refractivity contribution in [1.29, 1.82) is 0 Å². The summed E-state index contributed by atoms with van der Waals surface area (Å²) in [6.07, 6.45) is 4.03. The zero-order valence-corrected chi connectivity index (χ0v) is 18.1. The van der Waals surface area contributed by atoms with Gasteiger partial charge in [-0.2, -0.15) is 5.10 Å². The molecule has 0 fully saturated rings. The number of fused-ring (bicyclic) bond motifs is 1. The normalized spacial score (nSPS) is 11.4. The van der Waals surface area contributed by atoms with Gasteiger partial charge >= 0.3 is 0 Å². The van der Waals surface area contributed by atoms with Gasteiger partial charge in [0.25, 0.3) is 0 Å². The van der Waals surface area contributed by atoms with Crippen LogP contribution in [0.4, 0.5) is 0 Å². The quantitative estimate of drug-likeness (QED) is 0.195. The molecule has 0 bridgehead atoms. The maximum atomic E-state index is 6.19. The lowest BCUT2D eigenvalue weighted by molar-refractivity contribution is 0.748. The van der Waals surface area contributed by atoms with Crippen molar-refractivity contribution < 1.29 is 0 Å².